The number of para-hydroxylation sites is 1. The van der Waals surface area contributed by atoms with Gasteiger partial charge < -0.3 is 15.2 Å². The van der Waals surface area contributed by atoms with E-state index in [9.17, 15) is 14.7 Å². The molecular weight excluding hydrogens is 469 g/mol. The monoisotopic (exact) mass is 485 g/mol. The molecule has 0 aliphatic heterocycles. The molecule has 5 nitrogen and oxygen atoms in total. The minimum atomic E-state index is -0.376. The topological polar surface area (TPSA) is 75.6 Å². The van der Waals surface area contributed by atoms with E-state index in [2.05, 4.69) is 27.9 Å². The van der Waals surface area contributed by atoms with Gasteiger partial charge in [-0.1, -0.05) is 65.1 Å². The molecule has 0 saturated heterocycles. The maximum atomic E-state index is 13.3. The minimum Gasteiger partial charge on any atom is -0.507 e. The number of hydrogen-bond acceptors (Lipinski definition) is 5. The summed E-state index contributed by atoms with van der Waals surface area (Å²) >= 11 is 2.18. The smallest absolute Gasteiger partial charge is 0.198 e. The predicted molar refractivity (Wildman–Crippen MR) is 116 cm³/mol. The number of alkyl halides is 1. The van der Waals surface area contributed by atoms with Gasteiger partial charge in [0.05, 0.1) is 23.4 Å². The number of ketones is 2. The second-order valence-corrected chi connectivity index (χ2v) is 7.33. The lowest BCUT2D eigenvalue weighted by Crippen LogP contribution is -2.23. The summed E-state index contributed by atoms with van der Waals surface area (Å²) in [5, 5.41) is 13.8. The molecule has 0 heterocycles. The number of anilines is 2. The Labute approximate surface area is 175 Å². The lowest BCUT2D eigenvalue weighted by atomic mass is 9.82. The predicted octanol–water partition coefficient (Wildman–Crippen LogP) is 4.73. The van der Waals surface area contributed by atoms with Crippen LogP contribution in [0.4, 0.5) is 11.4 Å². The van der Waals surface area contributed by atoms with Gasteiger partial charge in [-0.05, 0) is 12.1 Å². The third-order valence-corrected chi connectivity index (χ3v) is 4.96. The molecular formula is C22H16INO4. The second-order valence-electron chi connectivity index (χ2n) is 6.25. The zero-order chi connectivity index (χ0) is 19.7. The maximum absolute atomic E-state index is 13.3. The van der Waals surface area contributed by atoms with Crippen molar-refractivity contribution in [1.29, 1.82) is 0 Å². The van der Waals surface area contributed by atoms with Crippen LogP contribution >= 0.6 is 22.6 Å². The van der Waals surface area contributed by atoms with Crippen LogP contribution < -0.4 is 10.1 Å². The Balaban J connectivity index is 1.95. The average molecular weight is 485 g/mol. The Hall–Kier alpha value is -2.87. The summed E-state index contributed by atoms with van der Waals surface area (Å²) < 4.78 is 6.52. The van der Waals surface area contributed by atoms with Gasteiger partial charge in [0.1, 0.15) is 11.5 Å². The van der Waals surface area contributed by atoms with Gasteiger partial charge in [-0.15, -0.1) is 0 Å². The molecule has 2 N–H and O–H groups in total. The normalized spacial score (nSPS) is 12.3. The first-order valence-electron chi connectivity index (χ1n) is 8.71. The fourth-order valence-corrected chi connectivity index (χ4v) is 3.52. The highest BCUT2D eigenvalue weighted by atomic mass is 127. The van der Waals surface area contributed by atoms with Crippen molar-refractivity contribution in [2.75, 3.05) is 16.4 Å². The molecule has 0 atom stereocenters. The lowest BCUT2D eigenvalue weighted by Gasteiger charge is -2.24. The van der Waals surface area contributed by atoms with E-state index in [1.807, 2.05) is 30.3 Å². The number of ether oxygens (including phenoxy) is 1. The third kappa shape index (κ3) is 3.13. The Kier molecular flexibility index (Phi) is 5.04. The molecule has 0 saturated carbocycles. The quantitative estimate of drug-likeness (QED) is 0.243. The van der Waals surface area contributed by atoms with Gasteiger partial charge in [-0.3, -0.25) is 9.59 Å². The molecule has 1 aliphatic carbocycles. The molecule has 1 aliphatic rings. The molecule has 6 heteroatoms. The number of carbonyl (C=O) groups excluding carboxylic acids is 2. The molecule has 3 aromatic rings. The van der Waals surface area contributed by atoms with Crippen LogP contribution in [0.1, 0.15) is 31.8 Å². The van der Waals surface area contributed by atoms with Crippen LogP contribution in [0.3, 0.4) is 0 Å². The van der Waals surface area contributed by atoms with Crippen molar-refractivity contribution in [3.63, 3.8) is 0 Å². The molecule has 0 fully saturated rings. The summed E-state index contributed by atoms with van der Waals surface area (Å²) in [4.78, 5) is 26.3. The lowest BCUT2D eigenvalue weighted by molar-refractivity contribution is 0.0977. The molecule has 0 aromatic heterocycles. The maximum Gasteiger partial charge on any atom is 0.198 e. The highest BCUT2D eigenvalue weighted by molar-refractivity contribution is 14.1. The van der Waals surface area contributed by atoms with Gasteiger partial charge in [0.2, 0.25) is 0 Å². The van der Waals surface area contributed by atoms with Gasteiger partial charge >= 0.3 is 0 Å². The number of halogens is 1. The van der Waals surface area contributed by atoms with Crippen molar-refractivity contribution in [1.82, 2.24) is 0 Å². The van der Waals surface area contributed by atoms with E-state index in [1.54, 1.807) is 24.3 Å². The van der Waals surface area contributed by atoms with Crippen LogP contribution in [-0.2, 0) is 0 Å². The number of fused-ring (bicyclic) bond motifs is 2. The largest absolute Gasteiger partial charge is 0.507 e. The molecule has 3 aromatic carbocycles. The first-order chi connectivity index (χ1) is 13.6. The zero-order valence-corrected chi connectivity index (χ0v) is 16.9. The van der Waals surface area contributed by atoms with Gasteiger partial charge in [0, 0.05) is 27.3 Å². The van der Waals surface area contributed by atoms with Crippen molar-refractivity contribution < 1.29 is 19.4 Å². The summed E-state index contributed by atoms with van der Waals surface area (Å²) in [5.74, 6) is -0.625. The minimum absolute atomic E-state index is 0.00366. The van der Waals surface area contributed by atoms with Crippen LogP contribution in [0.5, 0.6) is 11.5 Å². The van der Waals surface area contributed by atoms with Crippen LogP contribution in [-0.4, -0.2) is 27.7 Å². The summed E-state index contributed by atoms with van der Waals surface area (Å²) in [6.07, 6.45) is 0. The second kappa shape index (κ2) is 7.63. The Bertz CT molecular complexity index is 1080. The van der Waals surface area contributed by atoms with E-state index in [-0.39, 0.29) is 28.4 Å². The van der Waals surface area contributed by atoms with Crippen molar-refractivity contribution in [2.24, 2.45) is 0 Å². The van der Waals surface area contributed by atoms with Gasteiger partial charge in [-0.2, -0.15) is 0 Å². The van der Waals surface area contributed by atoms with Crippen molar-refractivity contribution in [3.8, 4) is 11.5 Å². The SMILES string of the molecule is O=C1c2ccccc2C(=O)c2c(Nc3ccccc3)c(OCCI)cc(O)c21. The van der Waals surface area contributed by atoms with Crippen LogP contribution in [0.25, 0.3) is 0 Å². The highest BCUT2D eigenvalue weighted by Gasteiger charge is 2.35. The van der Waals surface area contributed by atoms with Crippen molar-refractivity contribution in [3.05, 3.63) is 82.9 Å². The molecule has 4 rings (SSSR count). The van der Waals surface area contributed by atoms with Crippen LogP contribution in [0.2, 0.25) is 0 Å². The molecule has 0 amide bonds. The number of phenols is 1. The van der Waals surface area contributed by atoms with Gasteiger partial charge in [-0.25, -0.2) is 0 Å². The Morgan fingerprint density at radius 3 is 2.14 bits per heavy atom. The standard InChI is InChI=1S/C22H16INO4/c23-10-11-28-17-12-16(25)18-19(20(17)24-13-6-2-1-3-7-13)22(27)15-9-5-4-8-14(15)21(18)26/h1-9,12,24-25H,10-11H2. The van der Waals surface area contributed by atoms with Crippen LogP contribution in [0.15, 0.2) is 60.7 Å². The molecule has 140 valence electrons. The number of nitrogens with one attached hydrogen (secondary N) is 1. The number of rotatable bonds is 5. The van der Waals surface area contributed by atoms with E-state index in [0.29, 0.717) is 29.2 Å². The van der Waals surface area contributed by atoms with E-state index in [1.165, 1.54) is 6.07 Å². The van der Waals surface area contributed by atoms with E-state index in [0.717, 1.165) is 10.1 Å². The molecule has 0 radical (unpaired) electrons. The summed E-state index contributed by atoms with van der Waals surface area (Å²) in [6.45, 7) is 0.404. The molecule has 0 unspecified atom stereocenters. The van der Waals surface area contributed by atoms with Crippen molar-refractivity contribution >= 4 is 45.5 Å². The van der Waals surface area contributed by atoms with E-state index >= 15 is 0 Å². The van der Waals surface area contributed by atoms with Gasteiger partial charge in [0.25, 0.3) is 0 Å². The summed E-state index contributed by atoms with van der Waals surface area (Å²) in [7, 11) is 0. The average Bonchev–Trinajstić information content (AvgIpc) is 2.72. The zero-order valence-electron chi connectivity index (χ0n) is 14.7. The van der Waals surface area contributed by atoms with Crippen LogP contribution in [0, 0.1) is 0 Å². The number of carbonyl (C=O) groups is 2. The fourth-order valence-electron chi connectivity index (χ4n) is 3.30. The Morgan fingerprint density at radius 2 is 1.50 bits per heavy atom. The number of hydrogen-bond donors (Lipinski definition) is 2. The van der Waals surface area contributed by atoms with Crippen molar-refractivity contribution in [2.45, 2.75) is 0 Å². The first-order valence-corrected chi connectivity index (χ1v) is 10.2. The highest BCUT2D eigenvalue weighted by Crippen LogP contribution is 2.43. The first kappa shape index (κ1) is 18.5. The fraction of sp³-hybridized carbons (Fsp3) is 0.0909. The molecule has 0 spiro atoms. The van der Waals surface area contributed by atoms with E-state index in [4.69, 9.17) is 4.74 Å². The summed E-state index contributed by atoms with van der Waals surface area (Å²) in [6, 6.07) is 17.4. The number of benzene rings is 3. The third-order valence-electron chi connectivity index (χ3n) is 4.52. The number of aromatic hydroxyl groups is 1. The van der Waals surface area contributed by atoms with E-state index < -0.39 is 0 Å². The molecule has 28 heavy (non-hydrogen) atoms. The molecule has 0 bridgehead atoms. The van der Waals surface area contributed by atoms with Gasteiger partial charge in [0.15, 0.2) is 11.6 Å². The Morgan fingerprint density at radius 1 is 0.893 bits per heavy atom. The number of phenolic OH excluding ortho intramolecular Hbond substituents is 1. The summed E-state index contributed by atoms with van der Waals surface area (Å²) in [5.41, 5.74) is 1.88.